The molecule has 1 aromatic heterocycles. The topological polar surface area (TPSA) is 26.0 Å². The number of rotatable bonds is 2. The number of thiophene rings is 1. The summed E-state index contributed by atoms with van der Waals surface area (Å²) in [6.07, 6.45) is 1.68. The molecule has 0 spiro atoms. The van der Waals surface area contributed by atoms with Crippen LogP contribution in [0, 0.1) is 0 Å². The van der Waals surface area contributed by atoms with Crippen molar-refractivity contribution in [2.75, 3.05) is 0 Å². The molecule has 0 fully saturated rings. The van der Waals surface area contributed by atoms with Crippen LogP contribution in [0.3, 0.4) is 0 Å². The fourth-order valence-corrected chi connectivity index (χ4v) is 1.83. The third-order valence-corrected chi connectivity index (χ3v) is 2.66. The van der Waals surface area contributed by atoms with Crippen LogP contribution in [-0.4, -0.2) is 0 Å². The molecule has 0 saturated carbocycles. The fraction of sp³-hybridized carbons (Fsp3) is 0.143. The SMILES string of the molecule is C=C[C@H](N)c1sccc1Cl. The second kappa shape index (κ2) is 3.19. The molecule has 0 aliphatic heterocycles. The van der Waals surface area contributed by atoms with Gasteiger partial charge in [-0.3, -0.25) is 0 Å². The second-order valence-electron chi connectivity index (χ2n) is 1.89. The zero-order valence-electron chi connectivity index (χ0n) is 5.38. The van der Waals surface area contributed by atoms with Crippen LogP contribution in [0.15, 0.2) is 24.1 Å². The van der Waals surface area contributed by atoms with E-state index in [1.54, 1.807) is 17.4 Å². The zero-order valence-corrected chi connectivity index (χ0v) is 6.95. The van der Waals surface area contributed by atoms with Crippen LogP contribution in [-0.2, 0) is 0 Å². The molecule has 10 heavy (non-hydrogen) atoms. The van der Waals surface area contributed by atoms with Gasteiger partial charge in [0.2, 0.25) is 0 Å². The minimum absolute atomic E-state index is 0.118. The molecular weight excluding hydrogens is 166 g/mol. The lowest BCUT2D eigenvalue weighted by Gasteiger charge is -2.01. The molecule has 0 amide bonds. The maximum atomic E-state index is 5.80. The number of hydrogen-bond acceptors (Lipinski definition) is 2. The van der Waals surface area contributed by atoms with Crippen molar-refractivity contribution in [3.8, 4) is 0 Å². The van der Waals surface area contributed by atoms with Crippen LogP contribution in [0.2, 0.25) is 5.02 Å². The van der Waals surface area contributed by atoms with Crippen LogP contribution < -0.4 is 5.73 Å². The first-order valence-electron chi connectivity index (χ1n) is 2.86. The summed E-state index contributed by atoms with van der Waals surface area (Å²) in [4.78, 5) is 0.983. The largest absolute Gasteiger partial charge is 0.320 e. The standard InChI is InChI=1S/C7H8ClNS/c1-2-6(9)7-5(8)3-4-10-7/h2-4,6H,1,9H2/t6-/m0/s1. The zero-order chi connectivity index (χ0) is 7.56. The van der Waals surface area contributed by atoms with Gasteiger partial charge in [-0.1, -0.05) is 17.7 Å². The van der Waals surface area contributed by atoms with E-state index in [2.05, 4.69) is 6.58 Å². The van der Waals surface area contributed by atoms with Gasteiger partial charge in [0.25, 0.3) is 0 Å². The molecule has 2 N–H and O–H groups in total. The average Bonchev–Trinajstić information content (AvgIpc) is 2.34. The molecule has 54 valence electrons. The highest BCUT2D eigenvalue weighted by Crippen LogP contribution is 2.27. The van der Waals surface area contributed by atoms with Crippen molar-refractivity contribution < 1.29 is 0 Å². The highest BCUT2D eigenvalue weighted by Gasteiger charge is 2.06. The summed E-state index contributed by atoms with van der Waals surface area (Å²) < 4.78 is 0. The lowest BCUT2D eigenvalue weighted by Crippen LogP contribution is -2.04. The lowest BCUT2D eigenvalue weighted by atomic mass is 10.2. The van der Waals surface area contributed by atoms with Gasteiger partial charge in [-0.2, -0.15) is 0 Å². The molecule has 0 bridgehead atoms. The molecule has 1 nitrogen and oxygen atoms in total. The molecule has 0 aromatic carbocycles. The Labute approximate surface area is 69.1 Å². The second-order valence-corrected chi connectivity index (χ2v) is 3.25. The van der Waals surface area contributed by atoms with Gasteiger partial charge in [0, 0.05) is 4.88 Å². The van der Waals surface area contributed by atoms with Gasteiger partial charge in [-0.25, -0.2) is 0 Å². The van der Waals surface area contributed by atoms with Gasteiger partial charge in [0.15, 0.2) is 0 Å². The Morgan fingerprint density at radius 2 is 2.50 bits per heavy atom. The third-order valence-electron chi connectivity index (χ3n) is 1.20. The minimum atomic E-state index is -0.118. The summed E-state index contributed by atoms with van der Waals surface area (Å²) in [6.45, 7) is 3.58. The summed E-state index contributed by atoms with van der Waals surface area (Å²) in [5.74, 6) is 0. The van der Waals surface area contributed by atoms with E-state index in [1.807, 2.05) is 11.4 Å². The lowest BCUT2D eigenvalue weighted by molar-refractivity contribution is 0.940. The first-order chi connectivity index (χ1) is 4.75. The maximum Gasteiger partial charge on any atom is 0.0588 e. The molecule has 0 unspecified atom stereocenters. The summed E-state index contributed by atoms with van der Waals surface area (Å²) in [5, 5.41) is 2.65. The molecule has 1 aromatic rings. The van der Waals surface area contributed by atoms with Crippen molar-refractivity contribution in [1.29, 1.82) is 0 Å². The van der Waals surface area contributed by atoms with E-state index in [4.69, 9.17) is 17.3 Å². The molecule has 0 aliphatic carbocycles. The Morgan fingerprint density at radius 1 is 1.80 bits per heavy atom. The monoisotopic (exact) mass is 173 g/mol. The van der Waals surface area contributed by atoms with E-state index in [9.17, 15) is 0 Å². The van der Waals surface area contributed by atoms with Crippen LogP contribution in [0.25, 0.3) is 0 Å². The van der Waals surface area contributed by atoms with E-state index in [-0.39, 0.29) is 6.04 Å². The van der Waals surface area contributed by atoms with Crippen molar-refractivity contribution in [3.05, 3.63) is 34.0 Å². The van der Waals surface area contributed by atoms with Gasteiger partial charge < -0.3 is 5.73 Å². The highest BCUT2D eigenvalue weighted by molar-refractivity contribution is 7.10. The quantitative estimate of drug-likeness (QED) is 0.684. The van der Waals surface area contributed by atoms with Gasteiger partial charge >= 0.3 is 0 Å². The van der Waals surface area contributed by atoms with Gasteiger partial charge in [-0.05, 0) is 11.4 Å². The summed E-state index contributed by atoms with van der Waals surface area (Å²) in [7, 11) is 0. The Balaban J connectivity index is 2.92. The van der Waals surface area contributed by atoms with Gasteiger partial charge in [0.1, 0.15) is 0 Å². The first kappa shape index (κ1) is 7.79. The molecule has 1 heterocycles. The molecule has 0 radical (unpaired) electrons. The molecule has 0 aliphatic rings. The van der Waals surface area contributed by atoms with Crippen LogP contribution >= 0.6 is 22.9 Å². The highest BCUT2D eigenvalue weighted by atomic mass is 35.5. The van der Waals surface area contributed by atoms with Gasteiger partial charge in [-0.15, -0.1) is 17.9 Å². The Morgan fingerprint density at radius 3 is 2.90 bits per heavy atom. The van der Waals surface area contributed by atoms with Crippen molar-refractivity contribution in [3.63, 3.8) is 0 Å². The third kappa shape index (κ3) is 1.40. The van der Waals surface area contributed by atoms with E-state index in [1.165, 1.54) is 0 Å². The minimum Gasteiger partial charge on any atom is -0.320 e. The Hall–Kier alpha value is -0.310. The van der Waals surface area contributed by atoms with Crippen molar-refractivity contribution in [2.45, 2.75) is 6.04 Å². The molecule has 1 rings (SSSR count). The summed E-state index contributed by atoms with van der Waals surface area (Å²) in [6, 6.07) is 1.72. The summed E-state index contributed by atoms with van der Waals surface area (Å²) in [5.41, 5.74) is 5.65. The van der Waals surface area contributed by atoms with Crippen molar-refractivity contribution in [1.82, 2.24) is 0 Å². The molecule has 0 saturated heterocycles. The predicted molar refractivity (Wildman–Crippen MR) is 46.5 cm³/mol. The Bertz CT molecular complexity index is 231. The normalized spacial score (nSPS) is 13.0. The first-order valence-corrected chi connectivity index (χ1v) is 4.12. The van der Waals surface area contributed by atoms with Crippen molar-refractivity contribution in [2.24, 2.45) is 5.73 Å². The molecule has 3 heteroatoms. The maximum absolute atomic E-state index is 5.80. The van der Waals surface area contributed by atoms with E-state index >= 15 is 0 Å². The van der Waals surface area contributed by atoms with E-state index in [0.717, 1.165) is 9.90 Å². The van der Waals surface area contributed by atoms with Crippen LogP contribution in [0.5, 0.6) is 0 Å². The number of nitrogens with two attached hydrogens (primary N) is 1. The van der Waals surface area contributed by atoms with Crippen LogP contribution in [0.4, 0.5) is 0 Å². The van der Waals surface area contributed by atoms with Crippen molar-refractivity contribution >= 4 is 22.9 Å². The molecule has 1 atom stereocenters. The van der Waals surface area contributed by atoms with Crippen LogP contribution in [0.1, 0.15) is 10.9 Å². The predicted octanol–water partition coefficient (Wildman–Crippen LogP) is 2.59. The smallest absolute Gasteiger partial charge is 0.0588 e. The van der Waals surface area contributed by atoms with E-state index in [0.29, 0.717) is 0 Å². The Kier molecular flexibility index (Phi) is 2.49. The number of halogens is 1. The van der Waals surface area contributed by atoms with Gasteiger partial charge in [0.05, 0.1) is 11.1 Å². The average molecular weight is 174 g/mol. The van der Waals surface area contributed by atoms with E-state index < -0.39 is 0 Å². The summed E-state index contributed by atoms with van der Waals surface area (Å²) >= 11 is 7.35. The molecular formula is C7H8ClNS. The fourth-order valence-electron chi connectivity index (χ4n) is 0.650. The number of hydrogen-bond donors (Lipinski definition) is 1.